The van der Waals surface area contributed by atoms with E-state index in [-0.39, 0.29) is 34.5 Å². The van der Waals surface area contributed by atoms with Gasteiger partial charge >= 0.3 is 17.9 Å². The molecule has 1 aromatic rings. The van der Waals surface area contributed by atoms with E-state index in [2.05, 4.69) is 20.3 Å². The second-order valence-corrected chi connectivity index (χ2v) is 8.57. The number of oxime groups is 1. The molecule has 0 aromatic carbocycles. The van der Waals surface area contributed by atoms with Crippen molar-refractivity contribution in [2.24, 2.45) is 5.16 Å². The summed E-state index contributed by atoms with van der Waals surface area (Å²) in [6.45, 7) is 0.0821. The van der Waals surface area contributed by atoms with Crippen LogP contribution < -0.4 is 11.1 Å². The van der Waals surface area contributed by atoms with Crippen molar-refractivity contribution < 1.29 is 43.8 Å². The van der Waals surface area contributed by atoms with Crippen LogP contribution in [0.15, 0.2) is 21.8 Å². The van der Waals surface area contributed by atoms with Gasteiger partial charge in [0.05, 0.1) is 0 Å². The molecule has 3 rings (SSSR count). The monoisotopic (exact) mass is 499 g/mol. The molecule has 2 aliphatic heterocycles. The lowest BCUT2D eigenvalue weighted by Gasteiger charge is -2.49. The molecule has 3 heterocycles. The highest BCUT2D eigenvalue weighted by Gasteiger charge is 2.54. The Morgan fingerprint density at radius 2 is 2.09 bits per heavy atom. The number of carboxylic acid groups (broad SMARTS) is 2. The van der Waals surface area contributed by atoms with E-state index in [4.69, 9.17) is 15.6 Å². The van der Waals surface area contributed by atoms with Crippen LogP contribution in [0, 0.1) is 0 Å². The smallest absolute Gasteiger partial charge is 0.352 e. The third kappa shape index (κ3) is 5.23. The van der Waals surface area contributed by atoms with Gasteiger partial charge < -0.3 is 30.8 Å². The molecule has 16 heteroatoms. The van der Waals surface area contributed by atoms with Gasteiger partial charge in [-0.15, -0.1) is 23.1 Å². The first-order valence-corrected chi connectivity index (χ1v) is 11.0. The summed E-state index contributed by atoms with van der Waals surface area (Å²) in [4.78, 5) is 68.5. The van der Waals surface area contributed by atoms with Crippen molar-refractivity contribution in [3.63, 3.8) is 0 Å². The summed E-state index contributed by atoms with van der Waals surface area (Å²) in [5.74, 6) is -4.72. The summed E-state index contributed by atoms with van der Waals surface area (Å²) >= 11 is 2.18. The largest absolute Gasteiger partial charge is 0.479 e. The highest BCUT2D eigenvalue weighted by molar-refractivity contribution is 8.00. The number of carbonyl (C=O) groups is 5. The van der Waals surface area contributed by atoms with Crippen LogP contribution >= 0.6 is 23.1 Å². The topological polar surface area (TPSA) is 211 Å². The van der Waals surface area contributed by atoms with Crippen LogP contribution in [0.1, 0.15) is 12.6 Å². The maximum Gasteiger partial charge on any atom is 0.352 e. The first-order chi connectivity index (χ1) is 15.6. The van der Waals surface area contributed by atoms with Crippen molar-refractivity contribution in [1.82, 2.24) is 15.2 Å². The van der Waals surface area contributed by atoms with E-state index in [1.54, 1.807) is 0 Å². The summed E-state index contributed by atoms with van der Waals surface area (Å²) in [5.41, 5.74) is 5.12. The zero-order valence-corrected chi connectivity index (χ0v) is 18.5. The van der Waals surface area contributed by atoms with Crippen LogP contribution in [-0.4, -0.2) is 85.9 Å². The van der Waals surface area contributed by atoms with Gasteiger partial charge in [0.2, 0.25) is 6.61 Å². The molecule has 14 nitrogen and oxygen atoms in total. The Morgan fingerprint density at radius 3 is 2.67 bits per heavy atom. The first-order valence-electron chi connectivity index (χ1n) is 9.07. The number of nitrogens with two attached hydrogens (primary N) is 1. The van der Waals surface area contributed by atoms with E-state index >= 15 is 0 Å². The molecule has 0 aliphatic carbocycles. The van der Waals surface area contributed by atoms with E-state index in [1.165, 1.54) is 24.1 Å². The Bertz CT molecular complexity index is 1080. The van der Waals surface area contributed by atoms with Gasteiger partial charge in [-0.2, -0.15) is 0 Å². The van der Waals surface area contributed by atoms with Gasteiger partial charge in [0.1, 0.15) is 29.4 Å². The fourth-order valence-electron chi connectivity index (χ4n) is 2.95. The number of anilines is 1. The van der Waals surface area contributed by atoms with Crippen LogP contribution in [-0.2, 0) is 33.5 Å². The number of carboxylic acids is 2. The fraction of sp³-hybridized carbons (Fsp3) is 0.353. The van der Waals surface area contributed by atoms with E-state index in [9.17, 15) is 29.1 Å². The van der Waals surface area contributed by atoms with Gasteiger partial charge in [0.25, 0.3) is 11.8 Å². The summed E-state index contributed by atoms with van der Waals surface area (Å²) in [5, 5.41) is 25.0. The van der Waals surface area contributed by atoms with Gasteiger partial charge in [0.15, 0.2) is 10.8 Å². The Balaban J connectivity index is 1.78. The summed E-state index contributed by atoms with van der Waals surface area (Å²) in [6, 6.07) is -1.09. The fourth-order valence-corrected chi connectivity index (χ4v) is 4.82. The molecule has 0 saturated carbocycles. The minimum Gasteiger partial charge on any atom is -0.479 e. The van der Waals surface area contributed by atoms with Crippen LogP contribution in [0.5, 0.6) is 0 Å². The number of hydrogen-bond acceptors (Lipinski definition) is 12. The summed E-state index contributed by atoms with van der Waals surface area (Å²) in [6.07, 6.45) is 0. The average molecular weight is 499 g/mol. The number of nitrogens with one attached hydrogen (secondary N) is 1. The van der Waals surface area contributed by atoms with Crippen LogP contribution in [0.25, 0.3) is 0 Å². The van der Waals surface area contributed by atoms with Crippen molar-refractivity contribution in [2.45, 2.75) is 18.3 Å². The van der Waals surface area contributed by atoms with E-state index in [1.807, 2.05) is 0 Å². The molecule has 2 aliphatic rings. The normalized spacial score (nSPS) is 20.0. The minimum absolute atomic E-state index is 0.00935. The number of fused-ring (bicyclic) bond motifs is 1. The number of hydrogen-bond donors (Lipinski definition) is 4. The van der Waals surface area contributed by atoms with E-state index in [0.717, 1.165) is 16.2 Å². The Labute approximate surface area is 193 Å². The third-order valence-electron chi connectivity index (χ3n) is 4.31. The highest BCUT2D eigenvalue weighted by Crippen LogP contribution is 2.40. The molecule has 2 atom stereocenters. The van der Waals surface area contributed by atoms with Crippen LogP contribution in [0.2, 0.25) is 0 Å². The molecule has 176 valence electrons. The van der Waals surface area contributed by atoms with Crippen molar-refractivity contribution >= 4 is 63.7 Å². The van der Waals surface area contributed by atoms with Crippen molar-refractivity contribution in [3.8, 4) is 0 Å². The average Bonchev–Trinajstić information content (AvgIpc) is 3.17. The standard InChI is InChI=1S/C17H17N5O9S2/c1-6(23)30-2-7-4-32-15-11(14(27)22(15)12(7)16(28)29)20-13(26)10(21-31-3-9(24)25)8-5-33-17(18)19-8/h5,11,15H,2-4H2,1H3,(H2,18,19)(H,20,26)(H,24,25)(H,28,29)/b21-10-/t11?,15-/m0/s1. The van der Waals surface area contributed by atoms with Gasteiger partial charge in [0, 0.05) is 23.6 Å². The van der Waals surface area contributed by atoms with Crippen molar-refractivity contribution in [1.29, 1.82) is 0 Å². The van der Waals surface area contributed by atoms with E-state index < -0.39 is 53.5 Å². The second kappa shape index (κ2) is 9.86. The first kappa shape index (κ1) is 24.0. The van der Waals surface area contributed by atoms with Crippen LogP contribution in [0.3, 0.4) is 0 Å². The number of ether oxygens (including phenoxy) is 1. The zero-order valence-electron chi connectivity index (χ0n) is 16.8. The predicted octanol–water partition coefficient (Wildman–Crippen LogP) is -1.17. The quantitative estimate of drug-likeness (QED) is 0.137. The number of aliphatic carboxylic acids is 2. The molecular formula is C17H17N5O9S2. The van der Waals surface area contributed by atoms with Crippen molar-refractivity contribution in [2.75, 3.05) is 24.7 Å². The molecule has 1 fully saturated rings. The Morgan fingerprint density at radius 1 is 1.36 bits per heavy atom. The Kier molecular flexibility index (Phi) is 7.17. The molecule has 2 amide bonds. The SMILES string of the molecule is CC(=O)OCC1=C(C(=O)O)N2C(=O)C(NC(=O)/C(=N\OCC(=O)O)c3csc(N)n3)[C@@H]2SC1. The minimum atomic E-state index is -1.37. The molecule has 0 radical (unpaired) electrons. The number of nitrogen functional groups attached to an aromatic ring is 1. The number of rotatable bonds is 9. The molecule has 0 spiro atoms. The number of β-lactam (4-membered cyclic amide) rings is 1. The molecule has 0 bridgehead atoms. The predicted molar refractivity (Wildman–Crippen MR) is 113 cm³/mol. The van der Waals surface area contributed by atoms with Crippen molar-refractivity contribution in [3.05, 3.63) is 22.3 Å². The lowest BCUT2D eigenvalue weighted by atomic mass is 10.0. The van der Waals surface area contributed by atoms with Gasteiger partial charge in [-0.25, -0.2) is 14.6 Å². The zero-order chi connectivity index (χ0) is 24.3. The van der Waals surface area contributed by atoms with Gasteiger partial charge in [-0.05, 0) is 0 Å². The highest BCUT2D eigenvalue weighted by atomic mass is 32.2. The number of carbonyl (C=O) groups excluding carboxylic acids is 3. The number of thioether (sulfide) groups is 1. The summed E-state index contributed by atoms with van der Waals surface area (Å²) in [7, 11) is 0. The van der Waals surface area contributed by atoms with Gasteiger partial charge in [-0.3, -0.25) is 19.3 Å². The maximum absolute atomic E-state index is 12.8. The molecule has 5 N–H and O–H groups in total. The van der Waals surface area contributed by atoms with Gasteiger partial charge in [-0.1, -0.05) is 5.16 Å². The molecule has 1 aromatic heterocycles. The third-order valence-corrected chi connectivity index (χ3v) is 6.32. The number of aromatic nitrogens is 1. The lowest BCUT2D eigenvalue weighted by Crippen LogP contribution is -2.71. The number of esters is 1. The van der Waals surface area contributed by atoms with E-state index in [0.29, 0.717) is 0 Å². The lowest BCUT2D eigenvalue weighted by molar-refractivity contribution is -0.150. The number of nitrogens with zero attached hydrogens (tertiary/aromatic N) is 3. The molecule has 1 saturated heterocycles. The molecule has 1 unspecified atom stereocenters. The van der Waals surface area contributed by atoms with Crippen LogP contribution in [0.4, 0.5) is 5.13 Å². The number of thiazole rings is 1. The molecule has 33 heavy (non-hydrogen) atoms. The molecular weight excluding hydrogens is 482 g/mol. The second-order valence-electron chi connectivity index (χ2n) is 6.58. The Hall–Kier alpha value is -3.66. The number of amides is 2. The maximum atomic E-state index is 12.8. The summed E-state index contributed by atoms with van der Waals surface area (Å²) < 4.78 is 4.86.